The van der Waals surface area contributed by atoms with Crippen LogP contribution in [0.4, 0.5) is 0 Å². The molecule has 0 aromatic carbocycles. The van der Waals surface area contributed by atoms with Crippen LogP contribution in [0.15, 0.2) is 0 Å². The largest absolute Gasteiger partial charge is 0.449 e. The van der Waals surface area contributed by atoms with Crippen LogP contribution < -0.4 is 0 Å². The zero-order chi connectivity index (χ0) is 7.82. The van der Waals surface area contributed by atoms with Crippen LogP contribution in [-0.2, 0) is 9.53 Å². The number of halogens is 1. The van der Waals surface area contributed by atoms with E-state index >= 15 is 0 Å². The highest BCUT2D eigenvalue weighted by Crippen LogP contribution is 2.00. The molecule has 0 saturated heterocycles. The van der Waals surface area contributed by atoms with E-state index in [1.807, 2.05) is 0 Å². The highest BCUT2D eigenvalue weighted by molar-refractivity contribution is 6.17. The van der Waals surface area contributed by atoms with Gasteiger partial charge in [-0.2, -0.15) is 0 Å². The van der Waals surface area contributed by atoms with Crippen LogP contribution in [-0.4, -0.2) is 12.0 Å². The molecule has 0 atom stereocenters. The third-order valence-electron chi connectivity index (χ3n) is 1.20. The smallest absolute Gasteiger partial charge is 0.306 e. The van der Waals surface area contributed by atoms with Crippen LogP contribution in [0, 0.1) is 0 Å². The van der Waals surface area contributed by atoms with Gasteiger partial charge in [0.25, 0.3) is 0 Å². The first-order valence-electron chi connectivity index (χ1n) is 3.52. The average molecular weight is 165 g/mol. The zero-order valence-electron chi connectivity index (χ0n) is 6.23. The van der Waals surface area contributed by atoms with Crippen molar-refractivity contribution >= 4 is 17.6 Å². The van der Waals surface area contributed by atoms with Crippen LogP contribution in [0.2, 0.25) is 0 Å². The van der Waals surface area contributed by atoms with Crippen molar-refractivity contribution in [3.8, 4) is 0 Å². The topological polar surface area (TPSA) is 26.3 Å². The van der Waals surface area contributed by atoms with Gasteiger partial charge in [0.1, 0.15) is 0 Å². The van der Waals surface area contributed by atoms with Gasteiger partial charge in [0.05, 0.1) is 0 Å². The molecular weight excluding hydrogens is 152 g/mol. The van der Waals surface area contributed by atoms with Gasteiger partial charge >= 0.3 is 5.97 Å². The van der Waals surface area contributed by atoms with E-state index in [0.717, 1.165) is 19.3 Å². The van der Waals surface area contributed by atoms with E-state index in [0.29, 0.717) is 6.42 Å². The Morgan fingerprint density at radius 3 is 2.70 bits per heavy atom. The molecule has 0 aromatic rings. The Morgan fingerprint density at radius 1 is 1.50 bits per heavy atom. The van der Waals surface area contributed by atoms with Crippen molar-refractivity contribution in [2.45, 2.75) is 32.6 Å². The summed E-state index contributed by atoms with van der Waals surface area (Å²) in [5, 5.41) is 0. The van der Waals surface area contributed by atoms with E-state index in [9.17, 15) is 4.79 Å². The summed E-state index contributed by atoms with van der Waals surface area (Å²) in [5.74, 6) is -0.191. The molecule has 0 heterocycles. The molecule has 0 amide bonds. The molecule has 0 aromatic heterocycles. The van der Waals surface area contributed by atoms with Gasteiger partial charge in [0.2, 0.25) is 0 Å². The van der Waals surface area contributed by atoms with Crippen LogP contribution in [0.25, 0.3) is 0 Å². The number of unbranched alkanes of at least 4 members (excludes halogenated alkanes) is 2. The van der Waals surface area contributed by atoms with E-state index < -0.39 is 0 Å². The quantitative estimate of drug-likeness (QED) is 0.354. The van der Waals surface area contributed by atoms with Gasteiger partial charge in [-0.3, -0.25) is 4.79 Å². The standard InChI is InChI=1S/C7H13ClO2/c1-2-3-4-5-7(9)10-6-8/h2-6H2,1H3. The van der Waals surface area contributed by atoms with Gasteiger partial charge in [0, 0.05) is 6.42 Å². The lowest BCUT2D eigenvalue weighted by molar-refractivity contribution is -0.141. The summed E-state index contributed by atoms with van der Waals surface area (Å²) in [4.78, 5) is 10.6. The molecule has 0 bridgehead atoms. The first-order valence-corrected chi connectivity index (χ1v) is 4.06. The molecule has 0 aliphatic carbocycles. The second-order valence-corrected chi connectivity index (χ2v) is 2.30. The molecule has 0 aliphatic heterocycles. The second-order valence-electron chi connectivity index (χ2n) is 2.08. The molecular formula is C7H13ClO2. The fourth-order valence-corrected chi connectivity index (χ4v) is 0.774. The van der Waals surface area contributed by atoms with Crippen molar-refractivity contribution in [3.05, 3.63) is 0 Å². The van der Waals surface area contributed by atoms with Gasteiger partial charge in [-0.1, -0.05) is 31.4 Å². The Hall–Kier alpha value is -0.240. The fraction of sp³-hybridized carbons (Fsp3) is 0.857. The van der Waals surface area contributed by atoms with E-state index in [1.54, 1.807) is 0 Å². The van der Waals surface area contributed by atoms with Crippen molar-refractivity contribution in [1.29, 1.82) is 0 Å². The molecule has 0 aliphatic rings. The minimum atomic E-state index is -0.191. The summed E-state index contributed by atoms with van der Waals surface area (Å²) in [7, 11) is 0. The number of rotatable bonds is 5. The van der Waals surface area contributed by atoms with Crippen LogP contribution >= 0.6 is 11.6 Å². The van der Waals surface area contributed by atoms with Gasteiger partial charge < -0.3 is 4.74 Å². The molecule has 0 spiro atoms. The molecule has 2 nitrogen and oxygen atoms in total. The Labute approximate surface area is 66.5 Å². The van der Waals surface area contributed by atoms with E-state index in [-0.39, 0.29) is 12.0 Å². The normalized spacial score (nSPS) is 9.40. The monoisotopic (exact) mass is 164 g/mol. The predicted octanol–water partition coefficient (Wildman–Crippen LogP) is 2.31. The third-order valence-corrected chi connectivity index (χ3v) is 1.31. The van der Waals surface area contributed by atoms with Gasteiger partial charge in [-0.05, 0) is 6.42 Å². The van der Waals surface area contributed by atoms with Crippen molar-refractivity contribution in [2.24, 2.45) is 0 Å². The highest BCUT2D eigenvalue weighted by Gasteiger charge is 1.99. The molecule has 0 unspecified atom stereocenters. The third kappa shape index (κ3) is 5.89. The minimum Gasteiger partial charge on any atom is -0.449 e. The van der Waals surface area contributed by atoms with Gasteiger partial charge in [-0.25, -0.2) is 0 Å². The van der Waals surface area contributed by atoms with Crippen molar-refractivity contribution < 1.29 is 9.53 Å². The number of carbonyl (C=O) groups is 1. The maximum absolute atomic E-state index is 10.6. The number of hydrogen-bond donors (Lipinski definition) is 0. The summed E-state index contributed by atoms with van der Waals surface area (Å²) in [6, 6.07) is -0.0229. The van der Waals surface area contributed by atoms with Crippen molar-refractivity contribution in [1.82, 2.24) is 0 Å². The average Bonchev–Trinajstić information content (AvgIpc) is 1.89. The van der Waals surface area contributed by atoms with Gasteiger partial charge in [0.15, 0.2) is 6.07 Å². The SMILES string of the molecule is CCCCCC(=O)OCCl. The lowest BCUT2D eigenvalue weighted by atomic mass is 10.2. The maximum Gasteiger partial charge on any atom is 0.306 e. The zero-order valence-corrected chi connectivity index (χ0v) is 6.99. The number of carbonyl (C=O) groups excluding carboxylic acids is 1. The lowest BCUT2D eigenvalue weighted by Gasteiger charge is -1.98. The van der Waals surface area contributed by atoms with Crippen LogP contribution in [0.1, 0.15) is 32.6 Å². The number of hydrogen-bond acceptors (Lipinski definition) is 2. The van der Waals surface area contributed by atoms with Crippen molar-refractivity contribution in [3.63, 3.8) is 0 Å². The molecule has 0 fully saturated rings. The Kier molecular flexibility index (Phi) is 6.71. The van der Waals surface area contributed by atoms with E-state index in [1.165, 1.54) is 0 Å². The van der Waals surface area contributed by atoms with Crippen LogP contribution in [0.3, 0.4) is 0 Å². The van der Waals surface area contributed by atoms with Gasteiger partial charge in [-0.15, -0.1) is 0 Å². The summed E-state index contributed by atoms with van der Waals surface area (Å²) in [5.41, 5.74) is 0. The summed E-state index contributed by atoms with van der Waals surface area (Å²) < 4.78 is 4.51. The summed E-state index contributed by atoms with van der Waals surface area (Å²) in [6.45, 7) is 2.09. The van der Waals surface area contributed by atoms with E-state index in [4.69, 9.17) is 11.6 Å². The molecule has 0 N–H and O–H groups in total. The number of alkyl halides is 1. The maximum atomic E-state index is 10.6. The van der Waals surface area contributed by atoms with E-state index in [2.05, 4.69) is 11.7 Å². The molecule has 0 saturated carbocycles. The molecule has 60 valence electrons. The molecule has 10 heavy (non-hydrogen) atoms. The lowest BCUT2D eigenvalue weighted by Crippen LogP contribution is -2.01. The summed E-state index contributed by atoms with van der Waals surface area (Å²) in [6.07, 6.45) is 3.61. The summed E-state index contributed by atoms with van der Waals surface area (Å²) >= 11 is 5.17. The first kappa shape index (κ1) is 9.76. The fourth-order valence-electron chi connectivity index (χ4n) is 0.652. The Balaban J connectivity index is 3.05. The highest BCUT2D eigenvalue weighted by atomic mass is 35.5. The molecule has 0 radical (unpaired) electrons. The van der Waals surface area contributed by atoms with Crippen LogP contribution in [0.5, 0.6) is 0 Å². The number of esters is 1. The first-order chi connectivity index (χ1) is 4.81. The van der Waals surface area contributed by atoms with Crippen molar-refractivity contribution in [2.75, 3.05) is 6.07 Å². The number of ether oxygens (including phenoxy) is 1. The Morgan fingerprint density at radius 2 is 2.20 bits per heavy atom. The molecule has 3 heteroatoms. The molecule has 0 rings (SSSR count). The Bertz CT molecular complexity index is 93.6. The minimum absolute atomic E-state index is 0.0229. The predicted molar refractivity (Wildman–Crippen MR) is 41.0 cm³/mol. The second kappa shape index (κ2) is 6.87.